The number of urea groups is 1. The normalized spacial score (nSPS) is 25.8. The van der Waals surface area contributed by atoms with Crippen molar-refractivity contribution >= 4 is 17.8 Å². The Labute approximate surface area is 113 Å². The first-order valence-corrected chi connectivity index (χ1v) is 7.13. The molecule has 1 heterocycles. The van der Waals surface area contributed by atoms with Crippen molar-refractivity contribution in [1.29, 1.82) is 0 Å². The highest BCUT2D eigenvalue weighted by atomic mass is 16.2. The molecule has 0 aromatic carbocycles. The van der Waals surface area contributed by atoms with Crippen LogP contribution >= 0.6 is 0 Å². The minimum absolute atomic E-state index is 0.0747. The third-order valence-electron chi connectivity index (χ3n) is 4.04. The summed E-state index contributed by atoms with van der Waals surface area (Å²) in [4.78, 5) is 37.5. The third kappa shape index (κ3) is 2.80. The second-order valence-corrected chi connectivity index (χ2v) is 5.97. The molecule has 19 heavy (non-hydrogen) atoms. The number of imide groups is 2. The summed E-state index contributed by atoms with van der Waals surface area (Å²) in [5, 5.41) is 2.33. The van der Waals surface area contributed by atoms with Crippen LogP contribution in [0.3, 0.4) is 0 Å². The maximum Gasteiger partial charge on any atom is 0.331 e. The molecule has 1 saturated heterocycles. The van der Waals surface area contributed by atoms with Crippen molar-refractivity contribution in [1.82, 2.24) is 10.2 Å². The van der Waals surface area contributed by atoms with Gasteiger partial charge in [-0.25, -0.2) is 4.79 Å². The molecule has 1 aliphatic heterocycles. The van der Waals surface area contributed by atoms with Gasteiger partial charge in [0.25, 0.3) is 0 Å². The van der Waals surface area contributed by atoms with E-state index in [4.69, 9.17) is 0 Å². The van der Waals surface area contributed by atoms with Gasteiger partial charge in [-0.3, -0.25) is 19.8 Å². The van der Waals surface area contributed by atoms with Gasteiger partial charge in [-0.15, -0.1) is 0 Å². The van der Waals surface area contributed by atoms with Gasteiger partial charge in [-0.2, -0.15) is 0 Å². The summed E-state index contributed by atoms with van der Waals surface area (Å²) in [6, 6.07) is -0.617. The summed E-state index contributed by atoms with van der Waals surface area (Å²) in [5.74, 6) is -0.966. The van der Waals surface area contributed by atoms with E-state index in [0.717, 1.165) is 12.8 Å². The molecule has 0 spiro atoms. The van der Waals surface area contributed by atoms with Gasteiger partial charge in [0, 0.05) is 6.04 Å². The molecule has 5 heteroatoms. The van der Waals surface area contributed by atoms with E-state index in [1.54, 1.807) is 0 Å². The van der Waals surface area contributed by atoms with Gasteiger partial charge in [-0.1, -0.05) is 33.6 Å². The van der Waals surface area contributed by atoms with Crippen molar-refractivity contribution in [3.63, 3.8) is 0 Å². The molecule has 0 aromatic heterocycles. The van der Waals surface area contributed by atoms with Gasteiger partial charge in [0.1, 0.15) is 5.92 Å². The molecule has 2 rings (SSSR count). The smallest absolute Gasteiger partial charge is 0.277 e. The first-order chi connectivity index (χ1) is 8.95. The molecule has 1 N–H and O–H groups in total. The van der Waals surface area contributed by atoms with Crippen LogP contribution in [0.25, 0.3) is 0 Å². The molecule has 106 valence electrons. The van der Waals surface area contributed by atoms with Gasteiger partial charge in [0.05, 0.1) is 0 Å². The Morgan fingerprint density at radius 1 is 1.26 bits per heavy atom. The molecule has 2 unspecified atom stereocenters. The highest BCUT2D eigenvalue weighted by Crippen LogP contribution is 2.36. The summed E-state index contributed by atoms with van der Waals surface area (Å²) in [6.45, 7) is 5.64. The molecular weight excluding hydrogens is 244 g/mol. The Morgan fingerprint density at radius 3 is 2.37 bits per heavy atom. The number of nitrogens with zero attached hydrogens (tertiary/aromatic N) is 1. The molecule has 2 fully saturated rings. The van der Waals surface area contributed by atoms with Gasteiger partial charge in [0.15, 0.2) is 0 Å². The predicted octanol–water partition coefficient (Wildman–Crippen LogP) is 1.92. The number of nitrogens with one attached hydrogen (secondary N) is 1. The topological polar surface area (TPSA) is 66.5 Å². The number of barbiturate groups is 1. The van der Waals surface area contributed by atoms with Crippen molar-refractivity contribution in [2.75, 3.05) is 0 Å². The first kappa shape index (κ1) is 14.0. The zero-order valence-electron chi connectivity index (χ0n) is 11.8. The van der Waals surface area contributed by atoms with Crippen LogP contribution in [0.4, 0.5) is 4.79 Å². The fourth-order valence-electron chi connectivity index (χ4n) is 2.73. The lowest BCUT2D eigenvalue weighted by Gasteiger charge is -2.36. The Bertz CT molecular complexity index is 401. The van der Waals surface area contributed by atoms with Gasteiger partial charge in [-0.05, 0) is 24.7 Å². The quantitative estimate of drug-likeness (QED) is 0.773. The maximum atomic E-state index is 12.4. The second-order valence-electron chi connectivity index (χ2n) is 5.97. The monoisotopic (exact) mass is 266 g/mol. The van der Waals surface area contributed by atoms with Crippen LogP contribution in [-0.2, 0) is 9.59 Å². The average molecular weight is 266 g/mol. The summed E-state index contributed by atoms with van der Waals surface area (Å²) in [7, 11) is 0. The number of rotatable bonds is 5. The minimum Gasteiger partial charge on any atom is -0.277 e. The molecular formula is C14H22N2O3. The Balaban J connectivity index is 2.18. The summed E-state index contributed by atoms with van der Waals surface area (Å²) in [5.41, 5.74) is 0. The molecule has 0 aromatic rings. The van der Waals surface area contributed by atoms with Crippen LogP contribution < -0.4 is 5.32 Å². The van der Waals surface area contributed by atoms with E-state index in [-0.39, 0.29) is 17.9 Å². The van der Waals surface area contributed by atoms with Crippen molar-refractivity contribution in [2.24, 2.45) is 17.8 Å². The van der Waals surface area contributed by atoms with Crippen LogP contribution in [0.2, 0.25) is 0 Å². The van der Waals surface area contributed by atoms with E-state index in [1.807, 2.05) is 20.8 Å². The largest absolute Gasteiger partial charge is 0.331 e. The van der Waals surface area contributed by atoms with Crippen molar-refractivity contribution in [3.8, 4) is 0 Å². The molecule has 2 atom stereocenters. The number of hydrogen-bond donors (Lipinski definition) is 1. The van der Waals surface area contributed by atoms with Crippen molar-refractivity contribution in [3.05, 3.63) is 0 Å². The predicted molar refractivity (Wildman–Crippen MR) is 70.1 cm³/mol. The van der Waals surface area contributed by atoms with Crippen LogP contribution in [0.1, 0.15) is 46.5 Å². The Kier molecular flexibility index (Phi) is 3.92. The molecule has 1 saturated carbocycles. The lowest BCUT2D eigenvalue weighted by atomic mass is 9.90. The van der Waals surface area contributed by atoms with Crippen LogP contribution in [0.5, 0.6) is 0 Å². The highest BCUT2D eigenvalue weighted by molar-refractivity contribution is 6.16. The third-order valence-corrected chi connectivity index (χ3v) is 4.04. The number of carbonyl (C=O) groups is 3. The molecule has 5 nitrogen and oxygen atoms in total. The molecule has 0 bridgehead atoms. The molecule has 2 aliphatic rings. The highest BCUT2D eigenvalue weighted by Gasteiger charge is 2.45. The summed E-state index contributed by atoms with van der Waals surface area (Å²) >= 11 is 0. The lowest BCUT2D eigenvalue weighted by Crippen LogP contribution is -2.61. The first-order valence-electron chi connectivity index (χ1n) is 7.13. The number of carbonyl (C=O) groups excluding carboxylic acids is 3. The van der Waals surface area contributed by atoms with E-state index >= 15 is 0 Å². The standard InChI is InChI=1S/C14H22N2O3/c1-4-10(7-9-5-6-9)16-13(18)11(8(2)3)12(17)15-14(16)19/h8-11H,4-7H2,1-3H3,(H,15,17,19). The number of hydrogen-bond acceptors (Lipinski definition) is 3. The summed E-state index contributed by atoms with van der Waals surface area (Å²) in [6.07, 6.45) is 3.99. The van der Waals surface area contributed by atoms with Gasteiger partial charge >= 0.3 is 6.03 Å². The average Bonchev–Trinajstić information content (AvgIpc) is 3.10. The number of amides is 4. The van der Waals surface area contributed by atoms with Crippen molar-refractivity contribution in [2.45, 2.75) is 52.5 Å². The SMILES string of the molecule is CCC(CC1CC1)N1C(=O)NC(=O)C(C(C)C)C1=O. The van der Waals surface area contributed by atoms with E-state index in [2.05, 4.69) is 5.32 Å². The van der Waals surface area contributed by atoms with E-state index in [0.29, 0.717) is 5.92 Å². The fraction of sp³-hybridized carbons (Fsp3) is 0.786. The van der Waals surface area contributed by atoms with E-state index in [9.17, 15) is 14.4 Å². The summed E-state index contributed by atoms with van der Waals surface area (Å²) < 4.78 is 0. The Hall–Kier alpha value is -1.39. The maximum absolute atomic E-state index is 12.4. The fourth-order valence-corrected chi connectivity index (χ4v) is 2.73. The van der Waals surface area contributed by atoms with Crippen LogP contribution in [0, 0.1) is 17.8 Å². The molecule has 4 amide bonds. The van der Waals surface area contributed by atoms with Gasteiger partial charge < -0.3 is 0 Å². The zero-order valence-corrected chi connectivity index (χ0v) is 11.8. The van der Waals surface area contributed by atoms with Crippen molar-refractivity contribution < 1.29 is 14.4 Å². The molecule has 1 aliphatic carbocycles. The molecule has 0 radical (unpaired) electrons. The minimum atomic E-state index is -0.731. The van der Waals surface area contributed by atoms with Crippen LogP contribution in [-0.4, -0.2) is 28.8 Å². The lowest BCUT2D eigenvalue weighted by molar-refractivity contribution is -0.146. The van der Waals surface area contributed by atoms with E-state index < -0.39 is 17.9 Å². The zero-order chi connectivity index (χ0) is 14.2. The van der Waals surface area contributed by atoms with Gasteiger partial charge in [0.2, 0.25) is 11.8 Å². The van der Waals surface area contributed by atoms with E-state index in [1.165, 1.54) is 17.7 Å². The second kappa shape index (κ2) is 5.31. The van der Waals surface area contributed by atoms with Crippen LogP contribution in [0.15, 0.2) is 0 Å². The Morgan fingerprint density at radius 2 is 1.89 bits per heavy atom.